The molecule has 0 bridgehead atoms. The summed E-state index contributed by atoms with van der Waals surface area (Å²) in [6, 6.07) is 0. The molecule has 0 aliphatic carbocycles. The lowest BCUT2D eigenvalue weighted by Gasteiger charge is -2.12. The van der Waals surface area contributed by atoms with Crippen molar-refractivity contribution in [2.45, 2.75) is 12.3 Å². The van der Waals surface area contributed by atoms with Gasteiger partial charge in [-0.1, -0.05) is 0 Å². The van der Waals surface area contributed by atoms with Crippen LogP contribution in [0.1, 0.15) is 0 Å². The molecule has 1 saturated heterocycles. The molecule has 0 aromatic carbocycles. The predicted octanol–water partition coefficient (Wildman–Crippen LogP) is -0.470. The molecule has 1 unspecified atom stereocenters. The predicted molar refractivity (Wildman–Crippen MR) is 24.1 cm³/mol. The number of hydrogen-bond acceptors (Lipinski definition) is 3. The SMILES string of the molecule is FC(F)(F)C1NCNN1. The van der Waals surface area contributed by atoms with Crippen molar-refractivity contribution in [3.05, 3.63) is 0 Å². The van der Waals surface area contributed by atoms with Crippen molar-refractivity contribution in [2.75, 3.05) is 6.67 Å². The second-order valence-electron chi connectivity index (χ2n) is 1.68. The monoisotopic (exact) mass is 141 g/mol. The van der Waals surface area contributed by atoms with Crippen LogP contribution in [0.2, 0.25) is 0 Å². The summed E-state index contributed by atoms with van der Waals surface area (Å²) >= 11 is 0. The van der Waals surface area contributed by atoms with E-state index in [1.165, 1.54) is 0 Å². The van der Waals surface area contributed by atoms with Crippen LogP contribution in [0.15, 0.2) is 0 Å². The van der Waals surface area contributed by atoms with E-state index in [2.05, 4.69) is 10.7 Å². The number of hydrazine groups is 1. The standard InChI is InChI=1S/C3H6F3N3/c4-3(5,6)2-7-1-8-9-2/h2,7-9H,1H2. The Morgan fingerprint density at radius 3 is 2.22 bits per heavy atom. The maximum absolute atomic E-state index is 11.6. The van der Waals surface area contributed by atoms with E-state index >= 15 is 0 Å². The van der Waals surface area contributed by atoms with E-state index < -0.39 is 12.3 Å². The van der Waals surface area contributed by atoms with Gasteiger partial charge in [0.2, 0.25) is 0 Å². The molecule has 54 valence electrons. The van der Waals surface area contributed by atoms with Crippen LogP contribution >= 0.6 is 0 Å². The largest absolute Gasteiger partial charge is 0.418 e. The second kappa shape index (κ2) is 2.13. The van der Waals surface area contributed by atoms with E-state index in [9.17, 15) is 13.2 Å². The van der Waals surface area contributed by atoms with E-state index in [4.69, 9.17) is 0 Å². The van der Waals surface area contributed by atoms with Crippen LogP contribution in [0, 0.1) is 0 Å². The van der Waals surface area contributed by atoms with Gasteiger partial charge in [0.05, 0.1) is 6.67 Å². The lowest BCUT2D eigenvalue weighted by atomic mass is 10.5. The maximum Gasteiger partial charge on any atom is 0.418 e. The minimum atomic E-state index is -4.20. The molecule has 0 radical (unpaired) electrons. The molecular weight excluding hydrogens is 135 g/mol. The van der Waals surface area contributed by atoms with Gasteiger partial charge in [0.25, 0.3) is 0 Å². The topological polar surface area (TPSA) is 36.1 Å². The van der Waals surface area contributed by atoms with Gasteiger partial charge in [0, 0.05) is 0 Å². The number of nitrogens with one attached hydrogen (secondary N) is 3. The first-order valence-corrected chi connectivity index (χ1v) is 2.39. The average Bonchev–Trinajstić information content (AvgIpc) is 2.08. The minimum absolute atomic E-state index is 0.143. The van der Waals surface area contributed by atoms with Gasteiger partial charge in [-0.05, 0) is 0 Å². The van der Waals surface area contributed by atoms with Crippen LogP contribution < -0.4 is 16.2 Å². The lowest BCUT2D eigenvalue weighted by Crippen LogP contribution is -2.46. The van der Waals surface area contributed by atoms with Gasteiger partial charge in [-0.2, -0.15) is 13.2 Å². The van der Waals surface area contributed by atoms with Crippen molar-refractivity contribution >= 4 is 0 Å². The summed E-state index contributed by atoms with van der Waals surface area (Å²) in [5, 5.41) is 2.15. The molecule has 1 rings (SSSR count). The van der Waals surface area contributed by atoms with Crippen molar-refractivity contribution in [2.24, 2.45) is 0 Å². The summed E-state index contributed by atoms with van der Waals surface area (Å²) in [6.45, 7) is 0.143. The van der Waals surface area contributed by atoms with E-state index in [-0.39, 0.29) is 6.67 Å². The van der Waals surface area contributed by atoms with Crippen molar-refractivity contribution in [1.82, 2.24) is 16.2 Å². The van der Waals surface area contributed by atoms with Crippen molar-refractivity contribution < 1.29 is 13.2 Å². The first kappa shape index (κ1) is 6.79. The molecule has 0 spiro atoms. The molecule has 1 aliphatic heterocycles. The summed E-state index contributed by atoms with van der Waals surface area (Å²) < 4.78 is 34.8. The molecule has 1 fully saturated rings. The number of rotatable bonds is 0. The van der Waals surface area contributed by atoms with Crippen LogP contribution in [-0.4, -0.2) is 19.0 Å². The molecule has 0 amide bonds. The van der Waals surface area contributed by atoms with Gasteiger partial charge < -0.3 is 0 Å². The molecule has 6 heteroatoms. The Bertz CT molecular complexity index is 95.0. The van der Waals surface area contributed by atoms with Gasteiger partial charge in [0.15, 0.2) is 6.17 Å². The van der Waals surface area contributed by atoms with E-state index in [0.717, 1.165) is 0 Å². The zero-order chi connectivity index (χ0) is 6.91. The summed E-state index contributed by atoms with van der Waals surface area (Å²) in [6.07, 6.45) is -5.80. The number of hydrogen-bond donors (Lipinski definition) is 3. The fraction of sp³-hybridized carbons (Fsp3) is 1.00. The molecular formula is C3H6F3N3. The molecule has 0 aromatic heterocycles. The Kier molecular flexibility index (Phi) is 1.60. The quantitative estimate of drug-likeness (QED) is 0.427. The summed E-state index contributed by atoms with van der Waals surface area (Å²) in [5.74, 6) is 0. The zero-order valence-corrected chi connectivity index (χ0v) is 4.42. The maximum atomic E-state index is 11.6. The van der Waals surface area contributed by atoms with E-state index in [1.54, 1.807) is 0 Å². The Morgan fingerprint density at radius 1 is 1.33 bits per heavy atom. The van der Waals surface area contributed by atoms with E-state index in [1.807, 2.05) is 5.43 Å². The second-order valence-corrected chi connectivity index (χ2v) is 1.68. The van der Waals surface area contributed by atoms with Crippen molar-refractivity contribution in [1.29, 1.82) is 0 Å². The Labute approximate surface area is 49.6 Å². The van der Waals surface area contributed by atoms with Gasteiger partial charge in [0.1, 0.15) is 0 Å². The zero-order valence-electron chi connectivity index (χ0n) is 4.42. The third kappa shape index (κ3) is 1.54. The molecule has 0 saturated carbocycles. The van der Waals surface area contributed by atoms with E-state index in [0.29, 0.717) is 0 Å². The minimum Gasteiger partial charge on any atom is -0.280 e. The Balaban J connectivity index is 2.42. The van der Waals surface area contributed by atoms with Crippen LogP contribution in [0.25, 0.3) is 0 Å². The van der Waals surface area contributed by atoms with Gasteiger partial charge in [-0.3, -0.25) is 5.32 Å². The Hall–Kier alpha value is -0.330. The number of alkyl halides is 3. The highest BCUT2D eigenvalue weighted by molar-refractivity contribution is 4.73. The highest BCUT2D eigenvalue weighted by Crippen LogP contribution is 2.18. The average molecular weight is 141 g/mol. The van der Waals surface area contributed by atoms with Gasteiger partial charge in [-0.15, -0.1) is 0 Å². The van der Waals surface area contributed by atoms with Crippen LogP contribution in [0.3, 0.4) is 0 Å². The Morgan fingerprint density at radius 2 is 2.00 bits per heavy atom. The van der Waals surface area contributed by atoms with Crippen molar-refractivity contribution in [3.8, 4) is 0 Å². The molecule has 3 N–H and O–H groups in total. The molecule has 1 heterocycles. The molecule has 1 aliphatic rings. The third-order valence-corrected chi connectivity index (χ3v) is 0.968. The first-order chi connectivity index (χ1) is 4.11. The molecule has 1 atom stereocenters. The normalized spacial score (nSPS) is 29.0. The van der Waals surface area contributed by atoms with Crippen molar-refractivity contribution in [3.63, 3.8) is 0 Å². The molecule has 3 nitrogen and oxygen atoms in total. The molecule has 9 heavy (non-hydrogen) atoms. The van der Waals surface area contributed by atoms with Crippen LogP contribution in [-0.2, 0) is 0 Å². The third-order valence-electron chi connectivity index (χ3n) is 0.968. The van der Waals surface area contributed by atoms with Gasteiger partial charge in [-0.25, -0.2) is 10.9 Å². The fourth-order valence-corrected chi connectivity index (χ4v) is 0.555. The van der Waals surface area contributed by atoms with Crippen LogP contribution in [0.4, 0.5) is 13.2 Å². The highest BCUT2D eigenvalue weighted by atomic mass is 19.4. The summed E-state index contributed by atoms with van der Waals surface area (Å²) in [5.41, 5.74) is 4.31. The summed E-state index contributed by atoms with van der Waals surface area (Å²) in [4.78, 5) is 0. The fourth-order valence-electron chi connectivity index (χ4n) is 0.555. The van der Waals surface area contributed by atoms with Gasteiger partial charge >= 0.3 is 6.18 Å². The smallest absolute Gasteiger partial charge is 0.280 e. The first-order valence-electron chi connectivity index (χ1n) is 2.39. The molecule has 0 aromatic rings. The lowest BCUT2D eigenvalue weighted by molar-refractivity contribution is -0.157. The number of halogens is 3. The highest BCUT2D eigenvalue weighted by Gasteiger charge is 2.41. The van der Waals surface area contributed by atoms with Crippen LogP contribution in [0.5, 0.6) is 0 Å². The summed E-state index contributed by atoms with van der Waals surface area (Å²) in [7, 11) is 0.